The summed E-state index contributed by atoms with van der Waals surface area (Å²) in [6.07, 6.45) is 2.14. The van der Waals surface area contributed by atoms with Crippen LogP contribution in [0.5, 0.6) is 0 Å². The number of hydrogen-bond donors (Lipinski definition) is 2. The first-order valence-corrected chi connectivity index (χ1v) is 8.65. The van der Waals surface area contributed by atoms with Crippen molar-refractivity contribution in [2.75, 3.05) is 5.75 Å². The molecule has 0 saturated carbocycles. The van der Waals surface area contributed by atoms with E-state index in [1.807, 2.05) is 18.7 Å². The van der Waals surface area contributed by atoms with Gasteiger partial charge in [0.05, 0.1) is 12.2 Å². The van der Waals surface area contributed by atoms with E-state index in [-0.39, 0.29) is 5.92 Å². The SMILES string of the molecule is CCCSc1ccc(C(C)CC(O)C(O)CCC)cc1. The van der Waals surface area contributed by atoms with Crippen LogP contribution in [0.4, 0.5) is 0 Å². The Bertz CT molecular complexity index is 364. The first-order chi connectivity index (χ1) is 9.58. The van der Waals surface area contributed by atoms with E-state index >= 15 is 0 Å². The molecular formula is C17H28O2S. The lowest BCUT2D eigenvalue weighted by Crippen LogP contribution is -2.27. The zero-order chi connectivity index (χ0) is 15.0. The second-order valence-corrected chi connectivity index (χ2v) is 6.65. The van der Waals surface area contributed by atoms with Crippen LogP contribution in [0, 0.1) is 0 Å². The highest BCUT2D eigenvalue weighted by Crippen LogP contribution is 2.26. The van der Waals surface area contributed by atoms with Gasteiger partial charge in [0.15, 0.2) is 0 Å². The van der Waals surface area contributed by atoms with Gasteiger partial charge in [-0.2, -0.15) is 0 Å². The molecule has 0 amide bonds. The summed E-state index contributed by atoms with van der Waals surface area (Å²) in [4.78, 5) is 1.30. The van der Waals surface area contributed by atoms with Crippen LogP contribution in [0.1, 0.15) is 57.9 Å². The van der Waals surface area contributed by atoms with E-state index in [9.17, 15) is 10.2 Å². The monoisotopic (exact) mass is 296 g/mol. The molecular weight excluding hydrogens is 268 g/mol. The van der Waals surface area contributed by atoms with Crippen molar-refractivity contribution in [3.05, 3.63) is 29.8 Å². The summed E-state index contributed by atoms with van der Waals surface area (Å²) >= 11 is 1.88. The molecule has 3 heteroatoms. The standard InChI is InChI=1S/C17H28O2S/c1-4-6-16(18)17(19)12-13(3)14-7-9-15(10-8-14)20-11-5-2/h7-10,13,16-19H,4-6,11-12H2,1-3H3. The van der Waals surface area contributed by atoms with Gasteiger partial charge in [0.2, 0.25) is 0 Å². The molecule has 0 spiro atoms. The fourth-order valence-electron chi connectivity index (χ4n) is 2.26. The molecule has 0 aliphatic carbocycles. The van der Waals surface area contributed by atoms with Gasteiger partial charge in [-0.15, -0.1) is 11.8 Å². The van der Waals surface area contributed by atoms with E-state index in [4.69, 9.17) is 0 Å². The first kappa shape index (κ1) is 17.5. The Kier molecular flexibility index (Phi) is 8.27. The molecule has 114 valence electrons. The van der Waals surface area contributed by atoms with Crippen LogP contribution < -0.4 is 0 Å². The van der Waals surface area contributed by atoms with E-state index < -0.39 is 12.2 Å². The van der Waals surface area contributed by atoms with Crippen molar-refractivity contribution in [3.63, 3.8) is 0 Å². The maximum Gasteiger partial charge on any atom is 0.0804 e. The average molecular weight is 296 g/mol. The fraction of sp³-hybridized carbons (Fsp3) is 0.647. The smallest absolute Gasteiger partial charge is 0.0804 e. The number of benzene rings is 1. The number of aliphatic hydroxyl groups is 2. The molecule has 0 aliphatic heterocycles. The summed E-state index contributed by atoms with van der Waals surface area (Å²) in [5.41, 5.74) is 1.23. The summed E-state index contributed by atoms with van der Waals surface area (Å²) in [6.45, 7) is 6.31. The molecule has 0 aliphatic rings. The molecule has 0 bridgehead atoms. The second kappa shape index (κ2) is 9.43. The van der Waals surface area contributed by atoms with Gasteiger partial charge in [0, 0.05) is 4.90 Å². The van der Waals surface area contributed by atoms with Crippen LogP contribution in [-0.4, -0.2) is 28.2 Å². The number of rotatable bonds is 9. The highest BCUT2D eigenvalue weighted by atomic mass is 32.2. The molecule has 2 nitrogen and oxygen atoms in total. The van der Waals surface area contributed by atoms with Crippen LogP contribution in [0.15, 0.2) is 29.2 Å². The van der Waals surface area contributed by atoms with Crippen LogP contribution in [0.25, 0.3) is 0 Å². The van der Waals surface area contributed by atoms with Crippen molar-refractivity contribution in [2.24, 2.45) is 0 Å². The van der Waals surface area contributed by atoms with Crippen LogP contribution in [0.2, 0.25) is 0 Å². The molecule has 0 fully saturated rings. The summed E-state index contributed by atoms with van der Waals surface area (Å²) < 4.78 is 0. The van der Waals surface area contributed by atoms with Crippen molar-refractivity contribution in [3.8, 4) is 0 Å². The van der Waals surface area contributed by atoms with Crippen molar-refractivity contribution in [2.45, 2.75) is 69.5 Å². The van der Waals surface area contributed by atoms with Crippen LogP contribution in [0.3, 0.4) is 0 Å². The summed E-state index contributed by atoms with van der Waals surface area (Å²) in [7, 11) is 0. The molecule has 20 heavy (non-hydrogen) atoms. The number of hydrogen-bond acceptors (Lipinski definition) is 3. The van der Waals surface area contributed by atoms with Crippen molar-refractivity contribution in [1.29, 1.82) is 0 Å². The van der Waals surface area contributed by atoms with Gasteiger partial charge in [-0.1, -0.05) is 39.3 Å². The predicted molar refractivity (Wildman–Crippen MR) is 87.4 cm³/mol. The maximum absolute atomic E-state index is 10.00. The summed E-state index contributed by atoms with van der Waals surface area (Å²) in [5.74, 6) is 1.42. The van der Waals surface area contributed by atoms with E-state index in [2.05, 4.69) is 38.1 Å². The topological polar surface area (TPSA) is 40.5 Å². The quantitative estimate of drug-likeness (QED) is 0.671. The molecule has 3 atom stereocenters. The minimum absolute atomic E-state index is 0.265. The molecule has 0 heterocycles. The van der Waals surface area contributed by atoms with Crippen molar-refractivity contribution < 1.29 is 10.2 Å². The third-order valence-electron chi connectivity index (χ3n) is 3.55. The van der Waals surface area contributed by atoms with E-state index in [0.29, 0.717) is 12.8 Å². The Balaban J connectivity index is 2.52. The molecule has 3 unspecified atom stereocenters. The van der Waals surface area contributed by atoms with Crippen LogP contribution in [-0.2, 0) is 0 Å². The molecule has 0 radical (unpaired) electrons. The molecule has 2 N–H and O–H groups in total. The van der Waals surface area contributed by atoms with E-state index in [1.54, 1.807) is 0 Å². The number of thioether (sulfide) groups is 1. The largest absolute Gasteiger partial charge is 0.390 e. The zero-order valence-electron chi connectivity index (χ0n) is 12.9. The minimum atomic E-state index is -0.626. The van der Waals surface area contributed by atoms with Gasteiger partial charge in [0.1, 0.15) is 0 Å². The molecule has 0 saturated heterocycles. The Morgan fingerprint density at radius 2 is 1.65 bits per heavy atom. The molecule has 1 rings (SSSR count). The Morgan fingerprint density at radius 1 is 1.00 bits per heavy atom. The van der Waals surface area contributed by atoms with Gasteiger partial charge in [-0.05, 0) is 48.6 Å². The Labute approximate surface area is 127 Å². The van der Waals surface area contributed by atoms with E-state index in [0.717, 1.165) is 12.2 Å². The lowest BCUT2D eigenvalue weighted by atomic mass is 9.92. The predicted octanol–water partition coefficient (Wildman–Crippen LogP) is 4.20. The molecule has 1 aromatic carbocycles. The lowest BCUT2D eigenvalue weighted by molar-refractivity contribution is 0.00637. The summed E-state index contributed by atoms with van der Waals surface area (Å²) in [5, 5.41) is 19.8. The fourth-order valence-corrected chi connectivity index (χ4v) is 3.02. The highest BCUT2D eigenvalue weighted by Gasteiger charge is 2.19. The maximum atomic E-state index is 10.00. The van der Waals surface area contributed by atoms with Crippen molar-refractivity contribution in [1.82, 2.24) is 0 Å². The molecule has 1 aromatic rings. The van der Waals surface area contributed by atoms with Gasteiger partial charge < -0.3 is 10.2 Å². The molecule has 0 aromatic heterocycles. The second-order valence-electron chi connectivity index (χ2n) is 5.48. The Hall–Kier alpha value is -0.510. The van der Waals surface area contributed by atoms with Gasteiger partial charge in [-0.3, -0.25) is 0 Å². The van der Waals surface area contributed by atoms with Gasteiger partial charge >= 0.3 is 0 Å². The normalized spacial score (nSPS) is 15.8. The lowest BCUT2D eigenvalue weighted by Gasteiger charge is -2.21. The van der Waals surface area contributed by atoms with E-state index in [1.165, 1.54) is 16.9 Å². The van der Waals surface area contributed by atoms with Crippen LogP contribution >= 0.6 is 11.8 Å². The first-order valence-electron chi connectivity index (χ1n) is 7.67. The third-order valence-corrected chi connectivity index (χ3v) is 4.76. The zero-order valence-corrected chi connectivity index (χ0v) is 13.7. The highest BCUT2D eigenvalue weighted by molar-refractivity contribution is 7.99. The van der Waals surface area contributed by atoms with Gasteiger partial charge in [0.25, 0.3) is 0 Å². The third kappa shape index (κ3) is 5.86. The minimum Gasteiger partial charge on any atom is -0.390 e. The average Bonchev–Trinajstić information content (AvgIpc) is 2.45. The van der Waals surface area contributed by atoms with Crippen molar-refractivity contribution >= 4 is 11.8 Å². The Morgan fingerprint density at radius 3 is 2.20 bits per heavy atom. The summed E-state index contributed by atoms with van der Waals surface area (Å²) in [6, 6.07) is 8.59. The van der Waals surface area contributed by atoms with Gasteiger partial charge in [-0.25, -0.2) is 0 Å². The number of aliphatic hydroxyl groups excluding tert-OH is 2.